The van der Waals surface area contributed by atoms with Crippen LogP contribution in [0, 0.1) is 0 Å². The van der Waals surface area contributed by atoms with Crippen molar-refractivity contribution in [3.05, 3.63) is 53.7 Å². The summed E-state index contributed by atoms with van der Waals surface area (Å²) in [6, 6.07) is 7.67. The molecule has 2 heterocycles. The summed E-state index contributed by atoms with van der Waals surface area (Å²) in [7, 11) is 0. The number of hydrogen-bond acceptors (Lipinski definition) is 3. The van der Waals surface area contributed by atoms with Crippen molar-refractivity contribution in [2.24, 2.45) is 0 Å². The van der Waals surface area contributed by atoms with Crippen molar-refractivity contribution in [2.45, 2.75) is 13.1 Å². The molecule has 1 aromatic carbocycles. The first-order valence-electron chi connectivity index (χ1n) is 6.76. The van der Waals surface area contributed by atoms with Gasteiger partial charge in [-0.15, -0.1) is 23.7 Å². The lowest BCUT2D eigenvalue weighted by Gasteiger charge is -2.22. The van der Waals surface area contributed by atoms with Gasteiger partial charge in [0.2, 0.25) is 0 Å². The highest BCUT2D eigenvalue weighted by Crippen LogP contribution is 2.39. The van der Waals surface area contributed by atoms with Crippen LogP contribution in [0.5, 0.6) is 0 Å². The van der Waals surface area contributed by atoms with Crippen molar-refractivity contribution in [3.8, 4) is 0 Å². The predicted octanol–water partition coefficient (Wildman–Crippen LogP) is 5.89. The van der Waals surface area contributed by atoms with Crippen LogP contribution in [0.25, 0.3) is 10.1 Å². The zero-order valence-electron chi connectivity index (χ0n) is 12.2. The number of fused-ring (bicyclic) bond motifs is 1. The van der Waals surface area contributed by atoms with Gasteiger partial charge in [0.05, 0.1) is 11.3 Å². The molecule has 0 atom stereocenters. The van der Waals surface area contributed by atoms with E-state index < -0.39 is 11.7 Å². The van der Waals surface area contributed by atoms with E-state index in [0.29, 0.717) is 4.70 Å². The molecule has 0 bridgehead atoms. The Kier molecular flexibility index (Phi) is 5.16. The Balaban J connectivity index is 0.00000192. The molecular weight excluding hydrogens is 345 g/mol. The van der Waals surface area contributed by atoms with Crippen LogP contribution in [-0.4, -0.2) is 11.5 Å². The maximum Gasteiger partial charge on any atom is 0.416 e. The van der Waals surface area contributed by atoms with Gasteiger partial charge in [0, 0.05) is 40.1 Å². The van der Waals surface area contributed by atoms with Crippen molar-refractivity contribution in [1.82, 2.24) is 4.98 Å². The first kappa shape index (κ1) is 17.6. The van der Waals surface area contributed by atoms with Gasteiger partial charge in [-0.3, -0.25) is 4.98 Å². The van der Waals surface area contributed by atoms with Crippen molar-refractivity contribution in [2.75, 3.05) is 11.4 Å². The summed E-state index contributed by atoms with van der Waals surface area (Å²) in [5, 5.41) is 2.73. The topological polar surface area (TPSA) is 16.1 Å². The van der Waals surface area contributed by atoms with E-state index >= 15 is 0 Å². The fourth-order valence-corrected chi connectivity index (χ4v) is 3.40. The number of hydrogen-bond donors (Lipinski definition) is 0. The molecule has 0 saturated heterocycles. The van der Waals surface area contributed by atoms with Crippen LogP contribution >= 0.6 is 23.7 Å². The SMILES string of the molecule is CCN(c1ccncc1)c1csc2cc(C(F)(F)F)ccc12.Cl. The van der Waals surface area contributed by atoms with E-state index in [-0.39, 0.29) is 12.4 Å². The standard InChI is InChI=1S/C16H13F3N2S.ClH/c1-2-21(12-5-7-20-8-6-12)14-10-22-15-9-11(16(17,18)19)3-4-13(14)15;/h3-10H,2H2,1H3;1H. The molecule has 7 heteroatoms. The monoisotopic (exact) mass is 358 g/mol. The van der Waals surface area contributed by atoms with Crippen LogP contribution in [0.4, 0.5) is 24.5 Å². The zero-order chi connectivity index (χ0) is 15.7. The van der Waals surface area contributed by atoms with Gasteiger partial charge < -0.3 is 4.90 Å². The Morgan fingerprint density at radius 3 is 2.43 bits per heavy atom. The van der Waals surface area contributed by atoms with E-state index in [1.165, 1.54) is 17.4 Å². The number of pyridine rings is 1. The van der Waals surface area contributed by atoms with Gasteiger partial charge in [-0.1, -0.05) is 6.07 Å². The molecule has 3 rings (SSSR count). The number of nitrogens with zero attached hydrogens (tertiary/aromatic N) is 2. The molecule has 3 aromatic rings. The van der Waals surface area contributed by atoms with Gasteiger partial charge in [-0.2, -0.15) is 13.2 Å². The number of rotatable bonds is 3. The highest BCUT2D eigenvalue weighted by Gasteiger charge is 2.30. The lowest BCUT2D eigenvalue weighted by Crippen LogP contribution is -2.15. The van der Waals surface area contributed by atoms with E-state index in [1.54, 1.807) is 18.5 Å². The molecular formula is C16H14ClF3N2S. The molecule has 0 fully saturated rings. The average Bonchev–Trinajstić information content (AvgIpc) is 2.92. The Bertz CT molecular complexity index is 787. The van der Waals surface area contributed by atoms with Crippen molar-refractivity contribution >= 4 is 45.2 Å². The fourth-order valence-electron chi connectivity index (χ4n) is 2.42. The molecule has 0 aliphatic carbocycles. The molecule has 2 aromatic heterocycles. The summed E-state index contributed by atoms with van der Waals surface area (Å²) in [6.07, 6.45) is -0.906. The third-order valence-electron chi connectivity index (χ3n) is 3.46. The molecule has 122 valence electrons. The molecule has 0 radical (unpaired) electrons. The molecule has 0 amide bonds. The second-order valence-corrected chi connectivity index (χ2v) is 5.69. The summed E-state index contributed by atoms with van der Waals surface area (Å²) in [4.78, 5) is 6.06. The Morgan fingerprint density at radius 1 is 1.13 bits per heavy atom. The Hall–Kier alpha value is -1.79. The molecule has 0 spiro atoms. The van der Waals surface area contributed by atoms with E-state index in [4.69, 9.17) is 0 Å². The maximum atomic E-state index is 12.8. The summed E-state index contributed by atoms with van der Waals surface area (Å²) in [5.41, 5.74) is 1.28. The Labute approximate surface area is 142 Å². The van der Waals surface area contributed by atoms with Crippen LogP contribution in [0.1, 0.15) is 12.5 Å². The molecule has 0 aliphatic rings. The van der Waals surface area contributed by atoms with Crippen LogP contribution in [-0.2, 0) is 6.18 Å². The molecule has 23 heavy (non-hydrogen) atoms. The first-order valence-corrected chi connectivity index (χ1v) is 7.64. The number of anilines is 2. The van der Waals surface area contributed by atoms with E-state index in [9.17, 15) is 13.2 Å². The van der Waals surface area contributed by atoms with Gasteiger partial charge in [0.1, 0.15) is 0 Å². The summed E-state index contributed by atoms with van der Waals surface area (Å²) in [5.74, 6) is 0. The lowest BCUT2D eigenvalue weighted by molar-refractivity contribution is -0.137. The smallest absolute Gasteiger partial charge is 0.340 e. The fraction of sp³-hybridized carbons (Fsp3) is 0.188. The second-order valence-electron chi connectivity index (χ2n) is 4.78. The minimum Gasteiger partial charge on any atom is -0.340 e. The highest BCUT2D eigenvalue weighted by atomic mass is 35.5. The van der Waals surface area contributed by atoms with Gasteiger partial charge in [-0.05, 0) is 31.2 Å². The molecule has 0 saturated carbocycles. The molecule has 0 unspecified atom stereocenters. The minimum absolute atomic E-state index is 0. The van der Waals surface area contributed by atoms with Crippen molar-refractivity contribution < 1.29 is 13.2 Å². The third kappa shape index (κ3) is 3.43. The van der Waals surface area contributed by atoms with E-state index in [1.807, 2.05) is 24.4 Å². The van der Waals surface area contributed by atoms with E-state index in [0.717, 1.165) is 29.4 Å². The average molecular weight is 359 g/mol. The number of aromatic nitrogens is 1. The quantitative estimate of drug-likeness (QED) is 0.580. The number of benzene rings is 1. The van der Waals surface area contributed by atoms with Crippen LogP contribution in [0.2, 0.25) is 0 Å². The highest BCUT2D eigenvalue weighted by molar-refractivity contribution is 7.17. The van der Waals surface area contributed by atoms with Gasteiger partial charge >= 0.3 is 6.18 Å². The first-order chi connectivity index (χ1) is 10.5. The van der Waals surface area contributed by atoms with Crippen molar-refractivity contribution in [1.29, 1.82) is 0 Å². The van der Waals surface area contributed by atoms with Crippen LogP contribution < -0.4 is 4.90 Å². The largest absolute Gasteiger partial charge is 0.416 e. The third-order valence-corrected chi connectivity index (χ3v) is 4.40. The van der Waals surface area contributed by atoms with Crippen LogP contribution in [0.3, 0.4) is 0 Å². The molecule has 0 N–H and O–H groups in total. The summed E-state index contributed by atoms with van der Waals surface area (Å²) < 4.78 is 39.0. The normalized spacial score (nSPS) is 11.3. The van der Waals surface area contributed by atoms with Crippen molar-refractivity contribution in [3.63, 3.8) is 0 Å². The summed E-state index contributed by atoms with van der Waals surface area (Å²) in [6.45, 7) is 2.73. The van der Waals surface area contributed by atoms with Gasteiger partial charge in [-0.25, -0.2) is 0 Å². The van der Waals surface area contributed by atoms with Gasteiger partial charge in [0.15, 0.2) is 0 Å². The molecule has 2 nitrogen and oxygen atoms in total. The molecule has 0 aliphatic heterocycles. The minimum atomic E-state index is -4.31. The van der Waals surface area contributed by atoms with Crippen LogP contribution in [0.15, 0.2) is 48.1 Å². The maximum absolute atomic E-state index is 12.8. The predicted molar refractivity (Wildman–Crippen MR) is 91.0 cm³/mol. The number of thiophene rings is 1. The number of alkyl halides is 3. The zero-order valence-corrected chi connectivity index (χ0v) is 13.8. The summed E-state index contributed by atoms with van der Waals surface area (Å²) >= 11 is 1.33. The Morgan fingerprint density at radius 2 is 1.83 bits per heavy atom. The van der Waals surface area contributed by atoms with E-state index in [2.05, 4.69) is 9.88 Å². The second kappa shape index (κ2) is 6.76. The van der Waals surface area contributed by atoms with Gasteiger partial charge in [0.25, 0.3) is 0 Å². The lowest BCUT2D eigenvalue weighted by atomic mass is 10.1. The number of halogens is 4.